The second kappa shape index (κ2) is 7.45. The highest BCUT2D eigenvalue weighted by atomic mass is 32.2. The van der Waals surface area contributed by atoms with E-state index in [-0.39, 0.29) is 16.8 Å². The Bertz CT molecular complexity index is 664. The highest BCUT2D eigenvalue weighted by molar-refractivity contribution is 7.89. The van der Waals surface area contributed by atoms with Gasteiger partial charge in [-0.2, -0.15) is 4.31 Å². The lowest BCUT2D eigenvalue weighted by Gasteiger charge is -2.26. The predicted octanol–water partition coefficient (Wildman–Crippen LogP) is 2.70. The van der Waals surface area contributed by atoms with Crippen LogP contribution in [0, 0.1) is 6.92 Å². The number of sulfonamides is 1. The van der Waals surface area contributed by atoms with Crippen LogP contribution < -0.4 is 5.32 Å². The summed E-state index contributed by atoms with van der Waals surface area (Å²) < 4.78 is 27.2. The summed E-state index contributed by atoms with van der Waals surface area (Å²) >= 11 is 0. The molecule has 1 aromatic carbocycles. The summed E-state index contributed by atoms with van der Waals surface area (Å²) in [5, 5.41) is 2.88. The van der Waals surface area contributed by atoms with Crippen molar-refractivity contribution in [2.24, 2.45) is 0 Å². The standard InChI is InChI=1S/C17H26N2O3S/c1-4-14(3)18-17(20)15-9-8-13(2)16(12-15)23(21,22)19-10-6-5-7-11-19/h8-9,12,14H,4-7,10-11H2,1-3H3,(H,18,20)/t14-/m0/s1. The molecule has 1 N–H and O–H groups in total. The van der Waals surface area contributed by atoms with Crippen molar-refractivity contribution in [3.63, 3.8) is 0 Å². The Kier molecular flexibility index (Phi) is 5.81. The first kappa shape index (κ1) is 17.9. The summed E-state index contributed by atoms with van der Waals surface area (Å²) in [6.45, 7) is 6.81. The summed E-state index contributed by atoms with van der Waals surface area (Å²) in [5.74, 6) is -0.227. The summed E-state index contributed by atoms with van der Waals surface area (Å²) in [6.07, 6.45) is 3.69. The number of aryl methyl sites for hydroxylation is 1. The van der Waals surface area contributed by atoms with Crippen molar-refractivity contribution < 1.29 is 13.2 Å². The molecule has 2 rings (SSSR count). The third-order valence-electron chi connectivity index (χ3n) is 4.37. The lowest BCUT2D eigenvalue weighted by molar-refractivity contribution is 0.0939. The zero-order chi connectivity index (χ0) is 17.0. The number of hydrogen-bond acceptors (Lipinski definition) is 3. The van der Waals surface area contributed by atoms with Gasteiger partial charge in [0.25, 0.3) is 5.91 Å². The molecule has 23 heavy (non-hydrogen) atoms. The molecule has 0 aromatic heterocycles. The summed E-state index contributed by atoms with van der Waals surface area (Å²) in [5.41, 5.74) is 1.07. The van der Waals surface area contributed by atoms with Gasteiger partial charge in [-0.05, 0) is 50.8 Å². The molecule has 0 unspecified atom stereocenters. The van der Waals surface area contributed by atoms with Crippen molar-refractivity contribution in [3.8, 4) is 0 Å². The van der Waals surface area contributed by atoms with Gasteiger partial charge in [0.1, 0.15) is 0 Å². The summed E-state index contributed by atoms with van der Waals surface area (Å²) in [7, 11) is -3.53. The number of nitrogens with one attached hydrogen (secondary N) is 1. The fourth-order valence-corrected chi connectivity index (χ4v) is 4.44. The van der Waals surface area contributed by atoms with E-state index in [0.29, 0.717) is 24.2 Å². The largest absolute Gasteiger partial charge is 0.350 e. The van der Waals surface area contributed by atoms with Gasteiger partial charge in [-0.15, -0.1) is 0 Å². The number of hydrogen-bond donors (Lipinski definition) is 1. The number of carbonyl (C=O) groups is 1. The SMILES string of the molecule is CC[C@H](C)NC(=O)c1ccc(C)c(S(=O)(=O)N2CCCCC2)c1. The molecule has 5 nitrogen and oxygen atoms in total. The van der Waals surface area contributed by atoms with E-state index < -0.39 is 10.0 Å². The molecule has 1 amide bonds. The molecule has 0 spiro atoms. The van der Waals surface area contributed by atoms with E-state index in [9.17, 15) is 13.2 Å². The average molecular weight is 338 g/mol. The van der Waals surface area contributed by atoms with Crippen LogP contribution in [0.3, 0.4) is 0 Å². The maximum atomic E-state index is 12.9. The van der Waals surface area contributed by atoms with Crippen molar-refractivity contribution in [1.82, 2.24) is 9.62 Å². The van der Waals surface area contributed by atoms with Crippen LogP contribution in [0.15, 0.2) is 23.1 Å². The van der Waals surface area contributed by atoms with Crippen molar-refractivity contribution in [1.29, 1.82) is 0 Å². The molecule has 1 aliphatic heterocycles. The normalized spacial score (nSPS) is 17.7. The molecule has 1 heterocycles. The van der Waals surface area contributed by atoms with E-state index in [0.717, 1.165) is 25.7 Å². The maximum Gasteiger partial charge on any atom is 0.251 e. The molecule has 0 aliphatic carbocycles. The van der Waals surface area contributed by atoms with E-state index >= 15 is 0 Å². The molecule has 1 atom stereocenters. The Hall–Kier alpha value is -1.40. The minimum absolute atomic E-state index is 0.0611. The van der Waals surface area contributed by atoms with Gasteiger partial charge < -0.3 is 5.32 Å². The molecular weight excluding hydrogens is 312 g/mol. The topological polar surface area (TPSA) is 66.5 Å². The molecule has 1 saturated heterocycles. The number of nitrogens with zero attached hydrogens (tertiary/aromatic N) is 1. The lowest BCUT2D eigenvalue weighted by atomic mass is 10.1. The smallest absolute Gasteiger partial charge is 0.251 e. The molecule has 1 aromatic rings. The van der Waals surface area contributed by atoms with Crippen molar-refractivity contribution in [2.75, 3.05) is 13.1 Å². The first-order valence-corrected chi connectivity index (χ1v) is 9.72. The second-order valence-electron chi connectivity index (χ2n) is 6.23. The molecule has 0 radical (unpaired) electrons. The highest BCUT2D eigenvalue weighted by Gasteiger charge is 2.28. The highest BCUT2D eigenvalue weighted by Crippen LogP contribution is 2.24. The van der Waals surface area contributed by atoms with E-state index in [2.05, 4.69) is 5.32 Å². The molecule has 128 valence electrons. The van der Waals surface area contributed by atoms with Gasteiger partial charge in [0, 0.05) is 24.7 Å². The monoisotopic (exact) mass is 338 g/mol. The van der Waals surface area contributed by atoms with E-state index in [1.54, 1.807) is 19.1 Å². The number of piperidine rings is 1. The zero-order valence-corrected chi connectivity index (χ0v) is 14.9. The molecule has 1 fully saturated rings. The van der Waals surface area contributed by atoms with Crippen molar-refractivity contribution >= 4 is 15.9 Å². The Labute approximate surface area is 139 Å². The van der Waals surface area contributed by atoms with Gasteiger partial charge in [-0.3, -0.25) is 4.79 Å². The van der Waals surface area contributed by atoms with Crippen molar-refractivity contribution in [3.05, 3.63) is 29.3 Å². The molecule has 6 heteroatoms. The van der Waals surface area contributed by atoms with Crippen LogP contribution in [0.25, 0.3) is 0 Å². The van der Waals surface area contributed by atoms with Gasteiger partial charge in [0.15, 0.2) is 0 Å². The first-order valence-electron chi connectivity index (χ1n) is 8.28. The second-order valence-corrected chi connectivity index (χ2v) is 8.13. The van der Waals surface area contributed by atoms with Crippen LogP contribution in [0.4, 0.5) is 0 Å². The third kappa shape index (κ3) is 4.12. The van der Waals surface area contributed by atoms with E-state index in [1.165, 1.54) is 10.4 Å². The van der Waals surface area contributed by atoms with Gasteiger partial charge in [0.2, 0.25) is 10.0 Å². The minimum atomic E-state index is -3.53. The van der Waals surface area contributed by atoms with Crippen LogP contribution in [-0.2, 0) is 10.0 Å². The molecule has 0 saturated carbocycles. The number of rotatable bonds is 5. The number of benzene rings is 1. The Balaban J connectivity index is 2.31. The molecule has 0 bridgehead atoms. The molecule has 1 aliphatic rings. The van der Waals surface area contributed by atoms with Gasteiger partial charge in [-0.25, -0.2) is 8.42 Å². The lowest BCUT2D eigenvalue weighted by Crippen LogP contribution is -2.36. The molecular formula is C17H26N2O3S. The third-order valence-corrected chi connectivity index (χ3v) is 6.41. The van der Waals surface area contributed by atoms with Crippen molar-refractivity contribution in [2.45, 2.75) is 57.4 Å². The summed E-state index contributed by atoms with van der Waals surface area (Å²) in [6, 6.07) is 4.97. The number of carbonyl (C=O) groups excluding carboxylic acids is 1. The first-order chi connectivity index (χ1) is 10.9. The van der Waals surface area contributed by atoms with Crippen LogP contribution in [0.5, 0.6) is 0 Å². The van der Waals surface area contributed by atoms with Crippen LogP contribution in [-0.4, -0.2) is 37.8 Å². The minimum Gasteiger partial charge on any atom is -0.350 e. The van der Waals surface area contributed by atoms with Crippen LogP contribution >= 0.6 is 0 Å². The average Bonchev–Trinajstić information content (AvgIpc) is 2.55. The fraction of sp³-hybridized carbons (Fsp3) is 0.588. The van der Waals surface area contributed by atoms with Crippen LogP contribution in [0.1, 0.15) is 55.5 Å². The Morgan fingerprint density at radius 1 is 1.26 bits per heavy atom. The summed E-state index contributed by atoms with van der Waals surface area (Å²) in [4.78, 5) is 12.5. The quantitative estimate of drug-likeness (QED) is 0.897. The fourth-order valence-electron chi connectivity index (χ4n) is 2.67. The Morgan fingerprint density at radius 3 is 2.52 bits per heavy atom. The van der Waals surface area contributed by atoms with E-state index in [4.69, 9.17) is 0 Å². The predicted molar refractivity (Wildman–Crippen MR) is 91.0 cm³/mol. The van der Waals surface area contributed by atoms with Crippen LogP contribution in [0.2, 0.25) is 0 Å². The zero-order valence-electron chi connectivity index (χ0n) is 14.1. The van der Waals surface area contributed by atoms with E-state index in [1.807, 2.05) is 13.8 Å². The van der Waals surface area contributed by atoms with Gasteiger partial charge in [0.05, 0.1) is 4.90 Å². The Morgan fingerprint density at radius 2 is 1.91 bits per heavy atom. The maximum absolute atomic E-state index is 12.9. The number of amides is 1. The van der Waals surface area contributed by atoms with Gasteiger partial charge in [-0.1, -0.05) is 19.4 Å². The van der Waals surface area contributed by atoms with Gasteiger partial charge >= 0.3 is 0 Å².